The molecule has 1 atom stereocenters. The van der Waals surface area contributed by atoms with Crippen molar-refractivity contribution in [3.63, 3.8) is 0 Å². The van der Waals surface area contributed by atoms with Gasteiger partial charge in [0.05, 0.1) is 6.61 Å². The first-order valence-corrected chi connectivity index (χ1v) is 5.59. The Kier molecular flexibility index (Phi) is 4.69. The van der Waals surface area contributed by atoms with Crippen LogP contribution in [0.3, 0.4) is 0 Å². The summed E-state index contributed by atoms with van der Waals surface area (Å²) in [5, 5.41) is 0. The number of carbonyl (C=O) groups is 2. The van der Waals surface area contributed by atoms with Crippen LogP contribution in [-0.4, -0.2) is 24.5 Å². The topological polar surface area (TPSA) is 46.6 Å². The van der Waals surface area contributed by atoms with Crippen molar-refractivity contribution in [1.82, 2.24) is 0 Å². The molecule has 1 amide bonds. The molecule has 0 heterocycles. The Hall–Kier alpha value is -1.84. The quantitative estimate of drug-likeness (QED) is 0.750. The van der Waals surface area contributed by atoms with Crippen molar-refractivity contribution in [1.29, 1.82) is 0 Å². The summed E-state index contributed by atoms with van der Waals surface area (Å²) in [5.41, 5.74) is 0.695. The van der Waals surface area contributed by atoms with Crippen LogP contribution in [0, 0.1) is 0 Å². The van der Waals surface area contributed by atoms with Gasteiger partial charge in [0.1, 0.15) is 6.04 Å². The Balaban J connectivity index is 2.94. The number of benzene rings is 1. The van der Waals surface area contributed by atoms with E-state index in [1.165, 1.54) is 11.8 Å². The number of amides is 1. The molecule has 0 radical (unpaired) electrons. The van der Waals surface area contributed by atoms with Crippen molar-refractivity contribution in [2.75, 3.05) is 11.5 Å². The molecule has 0 aliphatic carbocycles. The summed E-state index contributed by atoms with van der Waals surface area (Å²) in [5.74, 6) is -0.580. The molecule has 0 bridgehead atoms. The third-order valence-electron chi connectivity index (χ3n) is 2.39. The van der Waals surface area contributed by atoms with Gasteiger partial charge in [0.25, 0.3) is 0 Å². The van der Waals surface area contributed by atoms with Crippen LogP contribution in [0.4, 0.5) is 5.69 Å². The Morgan fingerprint density at radius 1 is 1.29 bits per heavy atom. The molecular formula is C13H17NO3. The average Bonchev–Trinajstić information content (AvgIpc) is 2.30. The van der Waals surface area contributed by atoms with Crippen LogP contribution in [0.1, 0.15) is 20.8 Å². The highest BCUT2D eigenvalue weighted by Crippen LogP contribution is 2.17. The maximum atomic E-state index is 11.6. The highest BCUT2D eigenvalue weighted by Gasteiger charge is 2.25. The fourth-order valence-electron chi connectivity index (χ4n) is 1.63. The molecule has 1 rings (SSSR count). The van der Waals surface area contributed by atoms with Gasteiger partial charge in [0, 0.05) is 12.6 Å². The van der Waals surface area contributed by atoms with E-state index in [4.69, 9.17) is 4.74 Å². The summed E-state index contributed by atoms with van der Waals surface area (Å²) in [6, 6.07) is 8.46. The minimum atomic E-state index is -0.616. The Labute approximate surface area is 101 Å². The van der Waals surface area contributed by atoms with E-state index < -0.39 is 12.0 Å². The highest BCUT2D eigenvalue weighted by molar-refractivity contribution is 5.97. The number of nitrogens with zero attached hydrogens (tertiary/aromatic N) is 1. The first-order chi connectivity index (χ1) is 8.07. The van der Waals surface area contributed by atoms with Gasteiger partial charge >= 0.3 is 5.97 Å². The van der Waals surface area contributed by atoms with Crippen LogP contribution in [0.25, 0.3) is 0 Å². The molecule has 17 heavy (non-hydrogen) atoms. The third-order valence-corrected chi connectivity index (χ3v) is 2.39. The molecule has 0 N–H and O–H groups in total. The van der Waals surface area contributed by atoms with E-state index in [2.05, 4.69) is 0 Å². The van der Waals surface area contributed by atoms with Crippen LogP contribution >= 0.6 is 0 Å². The van der Waals surface area contributed by atoms with E-state index in [0.717, 1.165) is 0 Å². The summed E-state index contributed by atoms with van der Waals surface area (Å²) in [6.07, 6.45) is 0. The van der Waals surface area contributed by atoms with E-state index in [1.54, 1.807) is 26.0 Å². The zero-order valence-electron chi connectivity index (χ0n) is 10.3. The monoisotopic (exact) mass is 235 g/mol. The molecule has 0 saturated heterocycles. The molecule has 1 aromatic carbocycles. The molecule has 4 nitrogen and oxygen atoms in total. The summed E-state index contributed by atoms with van der Waals surface area (Å²) in [6.45, 7) is 5.14. The van der Waals surface area contributed by atoms with Crippen molar-refractivity contribution in [3.8, 4) is 0 Å². The van der Waals surface area contributed by atoms with Crippen molar-refractivity contribution >= 4 is 17.6 Å². The largest absolute Gasteiger partial charge is 0.464 e. The van der Waals surface area contributed by atoms with Gasteiger partial charge in [-0.15, -0.1) is 0 Å². The minimum Gasteiger partial charge on any atom is -0.464 e. The second-order valence-electron chi connectivity index (χ2n) is 3.65. The van der Waals surface area contributed by atoms with Gasteiger partial charge in [-0.05, 0) is 26.0 Å². The first-order valence-electron chi connectivity index (χ1n) is 5.59. The fourth-order valence-corrected chi connectivity index (χ4v) is 1.63. The van der Waals surface area contributed by atoms with Crippen molar-refractivity contribution in [2.45, 2.75) is 26.8 Å². The lowest BCUT2D eigenvalue weighted by Crippen LogP contribution is -2.43. The van der Waals surface area contributed by atoms with Crippen LogP contribution in [-0.2, 0) is 14.3 Å². The third kappa shape index (κ3) is 3.31. The lowest BCUT2D eigenvalue weighted by atomic mass is 10.2. The van der Waals surface area contributed by atoms with Gasteiger partial charge in [0.15, 0.2) is 0 Å². The Morgan fingerprint density at radius 3 is 2.35 bits per heavy atom. The van der Waals surface area contributed by atoms with Gasteiger partial charge in [-0.2, -0.15) is 0 Å². The summed E-state index contributed by atoms with van der Waals surface area (Å²) < 4.78 is 4.92. The van der Waals surface area contributed by atoms with Crippen LogP contribution in [0.15, 0.2) is 30.3 Å². The van der Waals surface area contributed by atoms with E-state index in [1.807, 2.05) is 18.2 Å². The summed E-state index contributed by atoms with van der Waals surface area (Å²) >= 11 is 0. The van der Waals surface area contributed by atoms with Crippen molar-refractivity contribution < 1.29 is 14.3 Å². The van der Waals surface area contributed by atoms with Gasteiger partial charge in [-0.1, -0.05) is 18.2 Å². The van der Waals surface area contributed by atoms with E-state index in [9.17, 15) is 9.59 Å². The van der Waals surface area contributed by atoms with Crippen LogP contribution in [0.5, 0.6) is 0 Å². The maximum absolute atomic E-state index is 11.6. The molecule has 0 aliphatic rings. The zero-order valence-corrected chi connectivity index (χ0v) is 10.3. The molecule has 0 saturated carbocycles. The van der Waals surface area contributed by atoms with Crippen LogP contribution < -0.4 is 4.90 Å². The smallest absolute Gasteiger partial charge is 0.328 e. The molecule has 1 aromatic rings. The highest BCUT2D eigenvalue weighted by atomic mass is 16.5. The predicted molar refractivity (Wildman–Crippen MR) is 65.7 cm³/mol. The lowest BCUT2D eigenvalue weighted by Gasteiger charge is -2.26. The number of rotatable bonds is 4. The summed E-state index contributed by atoms with van der Waals surface area (Å²) in [7, 11) is 0. The Morgan fingerprint density at radius 2 is 1.88 bits per heavy atom. The van der Waals surface area contributed by atoms with Crippen molar-refractivity contribution in [3.05, 3.63) is 30.3 Å². The van der Waals surface area contributed by atoms with Gasteiger partial charge in [0.2, 0.25) is 5.91 Å². The van der Waals surface area contributed by atoms with E-state index in [0.29, 0.717) is 12.3 Å². The SMILES string of the molecule is CCOC(=O)C(C)N(C(C)=O)c1ccccc1. The standard InChI is InChI=1S/C13H17NO3/c1-4-17-13(16)10(2)14(11(3)15)12-8-6-5-7-9-12/h5-10H,4H2,1-3H3. The number of hydrogen-bond donors (Lipinski definition) is 0. The van der Waals surface area contributed by atoms with Crippen molar-refractivity contribution in [2.24, 2.45) is 0 Å². The molecule has 0 spiro atoms. The Bertz CT molecular complexity index is 389. The fraction of sp³-hybridized carbons (Fsp3) is 0.385. The van der Waals surface area contributed by atoms with E-state index in [-0.39, 0.29) is 5.91 Å². The van der Waals surface area contributed by atoms with Crippen LogP contribution in [0.2, 0.25) is 0 Å². The second-order valence-corrected chi connectivity index (χ2v) is 3.65. The number of esters is 1. The van der Waals surface area contributed by atoms with Gasteiger partial charge in [-0.25, -0.2) is 4.79 Å². The minimum absolute atomic E-state index is 0.184. The molecular weight excluding hydrogens is 218 g/mol. The lowest BCUT2D eigenvalue weighted by molar-refractivity contribution is -0.145. The molecule has 92 valence electrons. The molecule has 0 fully saturated rings. The first kappa shape index (κ1) is 13.2. The number of ether oxygens (including phenoxy) is 1. The summed E-state index contributed by atoms with van der Waals surface area (Å²) in [4.78, 5) is 24.7. The number of hydrogen-bond acceptors (Lipinski definition) is 3. The number of anilines is 1. The normalized spacial score (nSPS) is 11.7. The number of para-hydroxylation sites is 1. The number of carbonyl (C=O) groups excluding carboxylic acids is 2. The molecule has 0 aromatic heterocycles. The molecule has 4 heteroatoms. The molecule has 1 unspecified atom stereocenters. The molecule has 0 aliphatic heterocycles. The van der Waals surface area contributed by atoms with E-state index >= 15 is 0 Å². The van der Waals surface area contributed by atoms with Gasteiger partial charge in [-0.3, -0.25) is 9.69 Å². The zero-order chi connectivity index (χ0) is 12.8. The predicted octanol–water partition coefficient (Wildman–Crippen LogP) is 1.99. The second kappa shape index (κ2) is 6.03. The average molecular weight is 235 g/mol. The maximum Gasteiger partial charge on any atom is 0.328 e. The van der Waals surface area contributed by atoms with Gasteiger partial charge < -0.3 is 4.74 Å².